The molecule has 2 saturated carbocycles. The minimum absolute atomic E-state index is 0.160. The molecule has 0 aromatic heterocycles. The molecule has 36 heavy (non-hydrogen) atoms. The third-order valence-electron chi connectivity index (χ3n) is 8.33. The average Bonchev–Trinajstić information content (AvgIpc) is 3.43. The molecule has 5 aliphatic rings. The number of hydrogen-bond donors (Lipinski definition) is 3. The molecule has 202 valence electrons. The molecule has 5 atom stereocenters. The van der Waals surface area contributed by atoms with Gasteiger partial charge in [-0.2, -0.15) is 10.6 Å². The Morgan fingerprint density at radius 3 is 2.58 bits per heavy atom. The van der Waals surface area contributed by atoms with Crippen LogP contribution >= 0.6 is 0 Å². The van der Waals surface area contributed by atoms with Crippen molar-refractivity contribution in [3.8, 4) is 0 Å². The van der Waals surface area contributed by atoms with Crippen LogP contribution in [-0.2, 0) is 29.2 Å². The molecule has 11 nitrogen and oxygen atoms in total. The van der Waals surface area contributed by atoms with Crippen molar-refractivity contribution in [1.82, 2.24) is 20.5 Å². The normalized spacial score (nSPS) is 34.7. The smallest absolute Gasteiger partial charge is 0.267 e. The van der Waals surface area contributed by atoms with Gasteiger partial charge in [-0.3, -0.25) is 14.4 Å². The molecule has 0 bridgehead atoms. The van der Waals surface area contributed by atoms with Gasteiger partial charge in [-0.15, -0.1) is 0 Å². The molecule has 3 aliphatic heterocycles. The number of amides is 2. The van der Waals surface area contributed by atoms with Crippen LogP contribution < -0.4 is 15.5 Å². The molecule has 3 heterocycles. The van der Waals surface area contributed by atoms with Crippen LogP contribution in [0.5, 0.6) is 0 Å². The maximum Gasteiger partial charge on any atom is 0.267 e. The SMILES string of the molecule is CC1CC(CN2N=C(C(=O)NCC3CCOCC3)C3CCC(S(=O)(=O)NC4(C)CC4)CC3C2=O)ON1. The summed E-state index contributed by atoms with van der Waals surface area (Å²) in [4.78, 5) is 32.5. The number of hydroxylamine groups is 1. The third-order valence-corrected chi connectivity index (χ3v) is 10.4. The number of nitrogens with one attached hydrogen (secondary N) is 3. The van der Waals surface area contributed by atoms with Crippen LogP contribution in [0.3, 0.4) is 0 Å². The Hall–Kier alpha value is -1.60. The number of rotatable bonds is 8. The van der Waals surface area contributed by atoms with Gasteiger partial charge in [0.1, 0.15) is 11.8 Å². The highest BCUT2D eigenvalue weighted by molar-refractivity contribution is 7.90. The maximum absolute atomic E-state index is 13.6. The fraction of sp³-hybridized carbons (Fsp3) is 0.875. The maximum atomic E-state index is 13.6. The van der Waals surface area contributed by atoms with Crippen molar-refractivity contribution in [2.75, 3.05) is 26.3 Å². The average molecular weight is 526 g/mol. The second-order valence-electron chi connectivity index (χ2n) is 11.5. The lowest BCUT2D eigenvalue weighted by atomic mass is 9.74. The van der Waals surface area contributed by atoms with Crippen molar-refractivity contribution in [2.24, 2.45) is 22.9 Å². The van der Waals surface area contributed by atoms with E-state index >= 15 is 0 Å². The van der Waals surface area contributed by atoms with E-state index in [4.69, 9.17) is 9.57 Å². The van der Waals surface area contributed by atoms with Gasteiger partial charge < -0.3 is 10.1 Å². The van der Waals surface area contributed by atoms with Gasteiger partial charge >= 0.3 is 0 Å². The lowest BCUT2D eigenvalue weighted by molar-refractivity contribution is -0.141. The third kappa shape index (κ3) is 5.77. The van der Waals surface area contributed by atoms with Crippen molar-refractivity contribution >= 4 is 27.5 Å². The summed E-state index contributed by atoms with van der Waals surface area (Å²) < 4.78 is 34.5. The van der Waals surface area contributed by atoms with E-state index in [9.17, 15) is 18.0 Å². The molecule has 2 saturated heterocycles. The zero-order valence-electron chi connectivity index (χ0n) is 21.2. The van der Waals surface area contributed by atoms with E-state index in [2.05, 4.69) is 20.6 Å². The van der Waals surface area contributed by atoms with Crippen LogP contribution in [0, 0.1) is 17.8 Å². The minimum Gasteiger partial charge on any atom is -0.381 e. The van der Waals surface area contributed by atoms with E-state index in [1.54, 1.807) is 0 Å². The fourth-order valence-electron chi connectivity index (χ4n) is 5.81. The van der Waals surface area contributed by atoms with Crippen LogP contribution in [0.25, 0.3) is 0 Å². The predicted molar refractivity (Wildman–Crippen MR) is 132 cm³/mol. The molecule has 2 aliphatic carbocycles. The molecule has 0 aromatic rings. The highest BCUT2D eigenvalue weighted by Gasteiger charge is 2.50. The van der Waals surface area contributed by atoms with Gasteiger partial charge in [-0.1, -0.05) is 0 Å². The molecule has 0 aromatic carbocycles. The molecule has 12 heteroatoms. The molecular weight excluding hydrogens is 486 g/mol. The van der Waals surface area contributed by atoms with Gasteiger partial charge in [0, 0.05) is 43.2 Å². The van der Waals surface area contributed by atoms with E-state index in [-0.39, 0.29) is 48.4 Å². The minimum atomic E-state index is -3.57. The topological polar surface area (TPSA) is 138 Å². The fourth-order valence-corrected chi connectivity index (χ4v) is 7.77. The first-order valence-electron chi connectivity index (χ1n) is 13.3. The second kappa shape index (κ2) is 10.3. The van der Waals surface area contributed by atoms with Gasteiger partial charge in [0.25, 0.3) is 5.91 Å². The van der Waals surface area contributed by atoms with Crippen LogP contribution in [0.15, 0.2) is 5.10 Å². The Balaban J connectivity index is 1.33. The summed E-state index contributed by atoms with van der Waals surface area (Å²) in [6.45, 7) is 6.07. The summed E-state index contributed by atoms with van der Waals surface area (Å²) in [5.41, 5.74) is 2.89. The summed E-state index contributed by atoms with van der Waals surface area (Å²) in [6.07, 6.45) is 4.98. The number of hydrazone groups is 1. The van der Waals surface area contributed by atoms with Crippen molar-refractivity contribution < 1.29 is 27.6 Å². The monoisotopic (exact) mass is 525 g/mol. The highest BCUT2D eigenvalue weighted by Crippen LogP contribution is 2.41. The first kappa shape index (κ1) is 26.0. The molecule has 5 rings (SSSR count). The Morgan fingerprint density at radius 1 is 1.17 bits per heavy atom. The zero-order valence-corrected chi connectivity index (χ0v) is 22.0. The van der Waals surface area contributed by atoms with Crippen LogP contribution in [0.2, 0.25) is 0 Å². The molecule has 3 N–H and O–H groups in total. The van der Waals surface area contributed by atoms with Crippen molar-refractivity contribution in [3.63, 3.8) is 0 Å². The molecular formula is C24H39N5O6S. The van der Waals surface area contributed by atoms with E-state index in [1.165, 1.54) is 5.01 Å². The molecule has 5 unspecified atom stereocenters. The van der Waals surface area contributed by atoms with E-state index < -0.39 is 21.2 Å². The lowest BCUT2D eigenvalue weighted by Gasteiger charge is -2.41. The Kier molecular flexibility index (Phi) is 7.43. The number of carbonyl (C=O) groups is 2. The quantitative estimate of drug-likeness (QED) is 0.423. The second-order valence-corrected chi connectivity index (χ2v) is 13.5. The van der Waals surface area contributed by atoms with Gasteiger partial charge in [-0.25, -0.2) is 18.1 Å². The summed E-state index contributed by atoms with van der Waals surface area (Å²) in [6, 6.07) is 0.160. The number of hydrogen-bond acceptors (Lipinski definition) is 8. The van der Waals surface area contributed by atoms with Gasteiger partial charge in [0.2, 0.25) is 15.9 Å². The van der Waals surface area contributed by atoms with Gasteiger partial charge in [0.15, 0.2) is 0 Å². The lowest BCUT2D eigenvalue weighted by Crippen LogP contribution is -2.55. The van der Waals surface area contributed by atoms with Gasteiger partial charge in [0.05, 0.1) is 11.8 Å². The number of carbonyl (C=O) groups excluding carboxylic acids is 2. The summed E-state index contributed by atoms with van der Waals surface area (Å²) in [5, 5.41) is 8.27. The summed E-state index contributed by atoms with van der Waals surface area (Å²) in [7, 11) is -3.57. The standard InChI is InChI=1S/C24H39N5O6S/c1-15-11-17(35-27-15)14-29-23(31)20-12-18(36(32,33)28-24(2)7-8-24)3-4-19(20)21(26-29)22(30)25-13-16-5-9-34-10-6-16/h15-20,27-28H,3-14H2,1-2H3,(H,25,30). The van der Waals surface area contributed by atoms with Crippen molar-refractivity contribution in [3.05, 3.63) is 0 Å². The molecule has 2 amide bonds. The Bertz CT molecular complexity index is 993. The number of nitrogens with zero attached hydrogens (tertiary/aromatic N) is 2. The van der Waals surface area contributed by atoms with Crippen LogP contribution in [-0.4, -0.2) is 80.2 Å². The first-order chi connectivity index (χ1) is 17.1. The molecule has 0 radical (unpaired) electrons. The van der Waals surface area contributed by atoms with E-state index in [0.29, 0.717) is 44.2 Å². The van der Waals surface area contributed by atoms with Crippen LogP contribution in [0.1, 0.15) is 65.2 Å². The first-order valence-corrected chi connectivity index (χ1v) is 14.9. The number of ether oxygens (including phenoxy) is 1. The number of sulfonamides is 1. The number of fused-ring (bicyclic) bond motifs is 1. The molecule has 4 fully saturated rings. The summed E-state index contributed by atoms with van der Waals surface area (Å²) >= 11 is 0. The van der Waals surface area contributed by atoms with E-state index in [0.717, 1.165) is 32.1 Å². The zero-order chi connectivity index (χ0) is 25.5. The molecule has 0 spiro atoms. The van der Waals surface area contributed by atoms with E-state index in [1.807, 2.05) is 13.8 Å². The van der Waals surface area contributed by atoms with Crippen molar-refractivity contribution in [1.29, 1.82) is 0 Å². The Morgan fingerprint density at radius 2 is 1.92 bits per heavy atom. The summed E-state index contributed by atoms with van der Waals surface area (Å²) in [5.74, 6) is -1.11. The highest BCUT2D eigenvalue weighted by atomic mass is 32.2. The largest absolute Gasteiger partial charge is 0.381 e. The Labute approximate surface area is 213 Å². The van der Waals surface area contributed by atoms with Gasteiger partial charge in [-0.05, 0) is 71.1 Å². The van der Waals surface area contributed by atoms with Crippen LogP contribution in [0.4, 0.5) is 0 Å². The van der Waals surface area contributed by atoms with Crippen molar-refractivity contribution in [2.45, 2.75) is 88.1 Å². The predicted octanol–water partition coefficient (Wildman–Crippen LogP) is 0.666.